The van der Waals surface area contributed by atoms with E-state index in [1.54, 1.807) is 6.92 Å². The molecule has 1 aromatic heterocycles. The highest BCUT2D eigenvalue weighted by Crippen LogP contribution is 2.23. The van der Waals surface area contributed by atoms with Crippen molar-refractivity contribution in [3.8, 4) is 5.75 Å². The van der Waals surface area contributed by atoms with Gasteiger partial charge in [0, 0.05) is 17.3 Å². The first kappa shape index (κ1) is 10.2. The average molecular weight is 207 g/mol. The van der Waals surface area contributed by atoms with Crippen molar-refractivity contribution in [2.45, 2.75) is 20.1 Å². The van der Waals surface area contributed by atoms with Crippen LogP contribution in [0.4, 0.5) is 0 Å². The molecule has 0 saturated carbocycles. The maximum Gasteiger partial charge on any atom is 0.142 e. The van der Waals surface area contributed by atoms with Gasteiger partial charge in [0.1, 0.15) is 5.75 Å². The van der Waals surface area contributed by atoms with Crippen LogP contribution in [0, 0.1) is 6.92 Å². The molecule has 0 aromatic carbocycles. The summed E-state index contributed by atoms with van der Waals surface area (Å²) in [6.45, 7) is -0.323. The highest BCUT2D eigenvalue weighted by atomic mass is 35.5. The summed E-state index contributed by atoms with van der Waals surface area (Å²) in [7, 11) is 0. The number of hydrogen-bond donors (Lipinski definition) is 3. The van der Waals surface area contributed by atoms with E-state index in [1.807, 2.05) is 0 Å². The molecule has 13 heavy (non-hydrogen) atoms. The first-order chi connectivity index (χ1) is 6.07. The van der Waals surface area contributed by atoms with Gasteiger partial charge in [0.05, 0.1) is 20.3 Å². The normalized spacial score (nSPS) is 13.0. The van der Waals surface area contributed by atoms with E-state index in [0.717, 1.165) is 0 Å². The summed E-state index contributed by atoms with van der Waals surface area (Å²) in [5.74, 6) is -0.161. The Labute approximate surface area is 83.7 Å². The Morgan fingerprint density at radius 3 is 2.62 bits per heavy atom. The second-order valence-electron chi connectivity index (χ2n) is 2.41. The van der Waals surface area contributed by atoms with E-state index in [4.69, 9.17) is 11.6 Å². The predicted molar refractivity (Wildman–Crippen MR) is 49.7 cm³/mol. The van der Waals surface area contributed by atoms with Gasteiger partial charge in [-0.05, 0) is 6.92 Å². The highest BCUT2D eigenvalue weighted by Gasteiger charge is 2.09. The van der Waals surface area contributed by atoms with E-state index in [-0.39, 0.29) is 29.3 Å². The summed E-state index contributed by atoms with van der Waals surface area (Å²) in [5.41, 5.74) is 0.661. The molecule has 0 fully saturated rings. The van der Waals surface area contributed by atoms with E-state index in [9.17, 15) is 5.11 Å². The van der Waals surface area contributed by atoms with Gasteiger partial charge in [-0.1, -0.05) is 0 Å². The number of aromatic hydroxyl groups is 1. The van der Waals surface area contributed by atoms with Crippen LogP contribution in [0.15, 0.2) is 6.20 Å². The van der Waals surface area contributed by atoms with Crippen LogP contribution >= 0.6 is 12.4 Å². The van der Waals surface area contributed by atoms with Gasteiger partial charge >= 0.3 is 0 Å². The quantitative estimate of drug-likeness (QED) is 0.659. The Morgan fingerprint density at radius 1 is 1.54 bits per heavy atom. The third kappa shape index (κ3) is 2.30. The summed E-state index contributed by atoms with van der Waals surface area (Å²) in [6.07, 6.45) is 1.28. The number of rotatable bonds is 2. The molecule has 1 aromatic rings. The van der Waals surface area contributed by atoms with Crippen LogP contribution in [0.2, 0.25) is 0 Å². The van der Waals surface area contributed by atoms with Gasteiger partial charge in [-0.25, -0.2) is 0 Å². The summed E-state index contributed by atoms with van der Waals surface area (Å²) >= 11 is 0. The summed E-state index contributed by atoms with van der Waals surface area (Å²) < 4.78 is 7.02. The third-order valence-electron chi connectivity index (χ3n) is 1.67. The molecule has 0 radical (unpaired) electrons. The zero-order valence-electron chi connectivity index (χ0n) is 8.06. The second-order valence-corrected chi connectivity index (χ2v) is 2.41. The molecule has 0 aliphatic rings. The molecule has 5 heteroatoms. The Kier molecular flexibility index (Phi) is 3.95. The Hall–Kier alpha value is -0.840. The second kappa shape index (κ2) is 5.01. The predicted octanol–water partition coefficient (Wildman–Crippen LogP) is 0.502. The standard InChI is InChI=1S/C8H11NO3.ClH/c1-5-8(12)7(4-11)6(3-10)2-9-5;/h2,10-12H,3-4H2,1H3;1H/i3D;. The average Bonchev–Trinajstić information content (AvgIpc) is 2.09. The maximum atomic E-state index is 9.41. The number of aliphatic hydroxyl groups excluding tert-OH is 2. The number of halogens is 1. The molecular formula is C8H12ClNO3. The molecule has 4 nitrogen and oxygen atoms in total. The number of nitrogens with zero attached hydrogens (tertiary/aromatic N) is 1. The van der Waals surface area contributed by atoms with Crippen molar-refractivity contribution in [2.24, 2.45) is 0 Å². The lowest BCUT2D eigenvalue weighted by Gasteiger charge is -2.07. The molecule has 0 saturated heterocycles. The number of aliphatic hydroxyl groups is 2. The van der Waals surface area contributed by atoms with E-state index in [2.05, 4.69) is 4.98 Å². The minimum Gasteiger partial charge on any atom is -0.506 e. The number of pyridine rings is 1. The fourth-order valence-electron chi connectivity index (χ4n) is 0.938. The molecule has 0 aliphatic carbocycles. The van der Waals surface area contributed by atoms with E-state index in [0.29, 0.717) is 5.69 Å². The van der Waals surface area contributed by atoms with Crippen LogP contribution < -0.4 is 0 Å². The fourth-order valence-corrected chi connectivity index (χ4v) is 0.938. The van der Waals surface area contributed by atoms with Gasteiger partial charge in [-0.15, -0.1) is 12.4 Å². The molecule has 74 valence electrons. The van der Waals surface area contributed by atoms with Gasteiger partial charge < -0.3 is 15.3 Å². The van der Waals surface area contributed by atoms with Crippen molar-refractivity contribution >= 4 is 12.4 Å². The van der Waals surface area contributed by atoms with Crippen molar-refractivity contribution in [3.63, 3.8) is 0 Å². The Balaban J connectivity index is 0.00000169. The third-order valence-corrected chi connectivity index (χ3v) is 1.67. The van der Waals surface area contributed by atoms with Crippen molar-refractivity contribution < 1.29 is 16.7 Å². The molecule has 0 amide bonds. The molecule has 0 spiro atoms. The molecule has 1 atom stereocenters. The topological polar surface area (TPSA) is 73.6 Å². The monoisotopic (exact) mass is 206 g/mol. The molecule has 1 unspecified atom stereocenters. The number of hydrogen-bond acceptors (Lipinski definition) is 4. The molecule has 1 heterocycles. The Morgan fingerprint density at radius 2 is 2.15 bits per heavy atom. The highest BCUT2D eigenvalue weighted by molar-refractivity contribution is 5.85. The lowest BCUT2D eigenvalue weighted by atomic mass is 10.1. The first-order valence-corrected chi connectivity index (χ1v) is 3.46. The van der Waals surface area contributed by atoms with Gasteiger partial charge in [0.15, 0.2) is 0 Å². The molecule has 3 N–H and O–H groups in total. The fraction of sp³-hybridized carbons (Fsp3) is 0.375. The maximum absolute atomic E-state index is 9.41. The van der Waals surface area contributed by atoms with Crippen LogP contribution in [0.1, 0.15) is 18.2 Å². The van der Waals surface area contributed by atoms with Crippen LogP contribution in [0.25, 0.3) is 0 Å². The van der Waals surface area contributed by atoms with Gasteiger partial charge in [-0.3, -0.25) is 4.98 Å². The van der Waals surface area contributed by atoms with Crippen molar-refractivity contribution in [1.82, 2.24) is 4.98 Å². The minimum atomic E-state index is -1.49. The summed E-state index contributed by atoms with van der Waals surface area (Å²) in [5, 5.41) is 27.3. The van der Waals surface area contributed by atoms with Crippen LogP contribution in [0.5, 0.6) is 5.75 Å². The number of aromatic nitrogens is 1. The van der Waals surface area contributed by atoms with Crippen molar-refractivity contribution in [2.75, 3.05) is 0 Å². The lowest BCUT2D eigenvalue weighted by Crippen LogP contribution is -1.98. The summed E-state index contributed by atoms with van der Waals surface area (Å²) in [6, 6.07) is 0. The molecule has 1 rings (SSSR count). The van der Waals surface area contributed by atoms with E-state index >= 15 is 0 Å². The largest absolute Gasteiger partial charge is 0.506 e. The summed E-state index contributed by atoms with van der Waals surface area (Å²) in [4.78, 5) is 3.77. The molecule has 0 bridgehead atoms. The lowest BCUT2D eigenvalue weighted by molar-refractivity contribution is 0.254. The van der Waals surface area contributed by atoms with Crippen LogP contribution in [0.3, 0.4) is 0 Å². The van der Waals surface area contributed by atoms with Gasteiger partial charge in [0.25, 0.3) is 0 Å². The zero-order valence-corrected chi connectivity index (χ0v) is 7.88. The smallest absolute Gasteiger partial charge is 0.142 e. The van der Waals surface area contributed by atoms with Gasteiger partial charge in [-0.2, -0.15) is 0 Å². The molecule has 0 aliphatic heterocycles. The molecular weight excluding hydrogens is 194 g/mol. The van der Waals surface area contributed by atoms with E-state index < -0.39 is 13.2 Å². The van der Waals surface area contributed by atoms with Gasteiger partial charge in [0.2, 0.25) is 0 Å². The van der Waals surface area contributed by atoms with Crippen LogP contribution in [-0.4, -0.2) is 20.3 Å². The van der Waals surface area contributed by atoms with Crippen molar-refractivity contribution in [3.05, 3.63) is 23.0 Å². The first-order valence-electron chi connectivity index (χ1n) is 4.04. The SMILES string of the molecule is Cl.[2H]C(O)c1cnc(C)c(O)c1CO. The van der Waals surface area contributed by atoms with E-state index in [1.165, 1.54) is 6.20 Å². The Bertz CT molecular complexity index is 320. The number of aryl methyl sites for hydroxylation is 1. The van der Waals surface area contributed by atoms with Crippen LogP contribution in [-0.2, 0) is 13.2 Å². The zero-order chi connectivity index (χ0) is 10.0. The minimum absolute atomic E-state index is 0. The van der Waals surface area contributed by atoms with Crippen molar-refractivity contribution in [1.29, 1.82) is 0 Å².